The number of hydrogen-bond acceptors (Lipinski definition) is 5. The standard InChI is InChI=1S/C15H23N5O/c1-10(2)11-3-5-12(6-4-11)15-18-14(21-19-15)9-20-8-13(16)7-17-20/h7-8,10-12H,3-6,9,16H2,1-2H3. The van der Waals surface area contributed by atoms with E-state index >= 15 is 0 Å². The van der Waals surface area contributed by atoms with Gasteiger partial charge in [0.1, 0.15) is 6.54 Å². The predicted octanol–water partition coefficient (Wildman–Crippen LogP) is 2.83. The number of hydrogen-bond donors (Lipinski definition) is 1. The predicted molar refractivity (Wildman–Crippen MR) is 79.6 cm³/mol. The van der Waals surface area contributed by atoms with E-state index in [1.165, 1.54) is 12.8 Å². The third-order valence-corrected chi connectivity index (χ3v) is 4.51. The summed E-state index contributed by atoms with van der Waals surface area (Å²) in [6.45, 7) is 5.10. The number of rotatable bonds is 4. The first-order valence-corrected chi connectivity index (χ1v) is 7.72. The molecule has 0 aliphatic heterocycles. The minimum absolute atomic E-state index is 0.445. The molecule has 0 radical (unpaired) electrons. The molecule has 0 saturated heterocycles. The lowest BCUT2D eigenvalue weighted by Crippen LogP contribution is -2.18. The Balaban J connectivity index is 1.60. The first-order valence-electron chi connectivity index (χ1n) is 7.72. The van der Waals surface area contributed by atoms with E-state index in [4.69, 9.17) is 10.3 Å². The molecule has 6 nitrogen and oxygen atoms in total. The SMILES string of the molecule is CC(C)C1CCC(c2noc(Cn3cc(N)cn3)n2)CC1. The van der Waals surface area contributed by atoms with Gasteiger partial charge in [-0.15, -0.1) is 0 Å². The van der Waals surface area contributed by atoms with Crippen molar-refractivity contribution >= 4 is 5.69 Å². The highest BCUT2D eigenvalue weighted by molar-refractivity contribution is 5.30. The van der Waals surface area contributed by atoms with Gasteiger partial charge in [-0.1, -0.05) is 19.0 Å². The van der Waals surface area contributed by atoms with Gasteiger partial charge < -0.3 is 10.3 Å². The second-order valence-electron chi connectivity index (χ2n) is 6.37. The van der Waals surface area contributed by atoms with Crippen LogP contribution in [0, 0.1) is 11.8 Å². The molecule has 1 aliphatic rings. The van der Waals surface area contributed by atoms with Gasteiger partial charge in [0.15, 0.2) is 5.82 Å². The largest absolute Gasteiger partial charge is 0.396 e. The van der Waals surface area contributed by atoms with Gasteiger partial charge in [-0.3, -0.25) is 4.68 Å². The van der Waals surface area contributed by atoms with E-state index < -0.39 is 0 Å². The van der Waals surface area contributed by atoms with E-state index in [0.717, 1.165) is 30.5 Å². The topological polar surface area (TPSA) is 82.8 Å². The van der Waals surface area contributed by atoms with Crippen LogP contribution in [-0.4, -0.2) is 19.9 Å². The summed E-state index contributed by atoms with van der Waals surface area (Å²) in [6.07, 6.45) is 8.24. The van der Waals surface area contributed by atoms with Crippen molar-refractivity contribution in [3.63, 3.8) is 0 Å². The highest BCUT2D eigenvalue weighted by Crippen LogP contribution is 2.37. The van der Waals surface area contributed by atoms with Crippen LogP contribution in [0.2, 0.25) is 0 Å². The molecule has 2 heterocycles. The maximum Gasteiger partial charge on any atom is 0.248 e. The number of anilines is 1. The first-order chi connectivity index (χ1) is 10.1. The molecule has 0 unspecified atom stereocenters. The molecular weight excluding hydrogens is 266 g/mol. The zero-order chi connectivity index (χ0) is 14.8. The van der Waals surface area contributed by atoms with Crippen LogP contribution >= 0.6 is 0 Å². The fourth-order valence-electron chi connectivity index (χ4n) is 3.15. The van der Waals surface area contributed by atoms with Crippen LogP contribution in [0.1, 0.15) is 57.2 Å². The van der Waals surface area contributed by atoms with Crippen LogP contribution in [0.25, 0.3) is 0 Å². The molecule has 3 rings (SSSR count). The van der Waals surface area contributed by atoms with E-state index in [2.05, 4.69) is 29.1 Å². The monoisotopic (exact) mass is 289 g/mol. The van der Waals surface area contributed by atoms with Gasteiger partial charge in [0.2, 0.25) is 5.89 Å². The van der Waals surface area contributed by atoms with Gasteiger partial charge in [0.25, 0.3) is 0 Å². The number of nitrogen functional groups attached to an aromatic ring is 1. The maximum atomic E-state index is 5.64. The smallest absolute Gasteiger partial charge is 0.248 e. The van der Waals surface area contributed by atoms with Gasteiger partial charge in [0, 0.05) is 12.1 Å². The second-order valence-corrected chi connectivity index (χ2v) is 6.37. The van der Waals surface area contributed by atoms with Crippen molar-refractivity contribution in [2.75, 3.05) is 5.73 Å². The fraction of sp³-hybridized carbons (Fsp3) is 0.667. The highest BCUT2D eigenvalue weighted by atomic mass is 16.5. The van der Waals surface area contributed by atoms with Gasteiger partial charge in [-0.25, -0.2) is 0 Å². The van der Waals surface area contributed by atoms with E-state index in [1.54, 1.807) is 17.1 Å². The van der Waals surface area contributed by atoms with Gasteiger partial charge in [-0.05, 0) is 37.5 Å². The van der Waals surface area contributed by atoms with Crippen molar-refractivity contribution in [3.05, 3.63) is 24.1 Å². The van der Waals surface area contributed by atoms with Crippen LogP contribution in [-0.2, 0) is 6.54 Å². The maximum absolute atomic E-state index is 5.64. The Bertz CT molecular complexity index is 580. The fourth-order valence-corrected chi connectivity index (χ4v) is 3.15. The van der Waals surface area contributed by atoms with Crippen molar-refractivity contribution in [1.29, 1.82) is 0 Å². The van der Waals surface area contributed by atoms with Crippen LogP contribution in [0.15, 0.2) is 16.9 Å². The summed E-state index contributed by atoms with van der Waals surface area (Å²) in [5.41, 5.74) is 6.28. The van der Waals surface area contributed by atoms with Crippen LogP contribution in [0.4, 0.5) is 5.69 Å². The minimum Gasteiger partial charge on any atom is -0.396 e. The lowest BCUT2D eigenvalue weighted by atomic mass is 9.77. The minimum atomic E-state index is 0.445. The van der Waals surface area contributed by atoms with Crippen molar-refractivity contribution in [3.8, 4) is 0 Å². The molecule has 2 aromatic rings. The molecule has 1 aliphatic carbocycles. The van der Waals surface area contributed by atoms with E-state index in [-0.39, 0.29) is 0 Å². The Hall–Kier alpha value is -1.85. The molecule has 0 bridgehead atoms. The Morgan fingerprint density at radius 3 is 2.71 bits per heavy atom. The molecule has 1 fully saturated rings. The molecule has 0 amide bonds. The molecule has 0 spiro atoms. The Kier molecular flexibility index (Phi) is 3.94. The molecule has 0 aromatic carbocycles. The average Bonchev–Trinajstić information content (AvgIpc) is 3.09. The lowest BCUT2D eigenvalue weighted by molar-refractivity contribution is 0.251. The zero-order valence-corrected chi connectivity index (χ0v) is 12.7. The first kappa shape index (κ1) is 14.1. The van der Waals surface area contributed by atoms with Crippen LogP contribution in [0.5, 0.6) is 0 Å². The Morgan fingerprint density at radius 2 is 2.10 bits per heavy atom. The Labute approximate surface area is 124 Å². The van der Waals surface area contributed by atoms with Crippen LogP contribution in [0.3, 0.4) is 0 Å². The molecule has 6 heteroatoms. The molecule has 0 atom stereocenters. The number of nitrogens with two attached hydrogens (primary N) is 1. The summed E-state index contributed by atoms with van der Waals surface area (Å²) in [5.74, 6) is 3.52. The van der Waals surface area contributed by atoms with Crippen LogP contribution < -0.4 is 5.73 Å². The van der Waals surface area contributed by atoms with Gasteiger partial charge >= 0.3 is 0 Å². The van der Waals surface area contributed by atoms with Crippen molar-refractivity contribution < 1.29 is 4.52 Å². The quantitative estimate of drug-likeness (QED) is 0.935. The molecule has 21 heavy (non-hydrogen) atoms. The summed E-state index contributed by atoms with van der Waals surface area (Å²) in [7, 11) is 0. The van der Waals surface area contributed by atoms with Crippen molar-refractivity contribution in [1.82, 2.24) is 19.9 Å². The molecular formula is C15H23N5O. The summed E-state index contributed by atoms with van der Waals surface area (Å²) in [5, 5.41) is 8.28. The summed E-state index contributed by atoms with van der Waals surface area (Å²) < 4.78 is 7.05. The average molecular weight is 289 g/mol. The van der Waals surface area contributed by atoms with Gasteiger partial charge in [-0.2, -0.15) is 10.1 Å². The second kappa shape index (κ2) is 5.87. The molecule has 1 saturated carbocycles. The number of nitrogens with zero attached hydrogens (tertiary/aromatic N) is 4. The summed E-state index contributed by atoms with van der Waals surface area (Å²) >= 11 is 0. The third-order valence-electron chi connectivity index (χ3n) is 4.51. The zero-order valence-electron chi connectivity index (χ0n) is 12.7. The normalized spacial score (nSPS) is 22.8. The molecule has 2 aromatic heterocycles. The van der Waals surface area contributed by atoms with Crippen molar-refractivity contribution in [2.24, 2.45) is 11.8 Å². The third kappa shape index (κ3) is 3.25. The van der Waals surface area contributed by atoms with E-state index in [9.17, 15) is 0 Å². The molecule has 114 valence electrons. The molecule has 2 N–H and O–H groups in total. The number of aromatic nitrogens is 4. The highest BCUT2D eigenvalue weighted by Gasteiger charge is 2.27. The van der Waals surface area contributed by atoms with E-state index in [0.29, 0.717) is 24.0 Å². The Morgan fingerprint density at radius 1 is 1.33 bits per heavy atom. The summed E-state index contributed by atoms with van der Waals surface area (Å²) in [6, 6.07) is 0. The van der Waals surface area contributed by atoms with Crippen molar-refractivity contribution in [2.45, 2.75) is 52.0 Å². The summed E-state index contributed by atoms with van der Waals surface area (Å²) in [4.78, 5) is 4.53. The lowest BCUT2D eigenvalue weighted by Gasteiger charge is -2.29. The van der Waals surface area contributed by atoms with E-state index in [1.807, 2.05) is 0 Å². The van der Waals surface area contributed by atoms with Gasteiger partial charge in [0.05, 0.1) is 11.9 Å².